The molecule has 4 heterocycles. The second kappa shape index (κ2) is 17.4. The van der Waals surface area contributed by atoms with Crippen LogP contribution in [0.2, 0.25) is 0 Å². The predicted molar refractivity (Wildman–Crippen MR) is 254 cm³/mol. The number of furan rings is 2. The Bertz CT molecular complexity index is 2980. The van der Waals surface area contributed by atoms with Crippen LogP contribution in [-0.4, -0.2) is 15.0 Å². The fourth-order valence-electron chi connectivity index (χ4n) is 8.16. The van der Waals surface area contributed by atoms with Crippen molar-refractivity contribution in [3.05, 3.63) is 150 Å². The quantitative estimate of drug-likeness (QED) is 0.155. The third kappa shape index (κ3) is 8.52. The average Bonchev–Trinajstić information content (AvgIpc) is 3.82. The number of para-hydroxylation sites is 1. The van der Waals surface area contributed by atoms with Crippen LogP contribution in [0.25, 0.3) is 77.5 Å². The summed E-state index contributed by atoms with van der Waals surface area (Å²) in [5, 5.41) is 4.19. The monoisotopic (exact) mass is 996 g/mol. The number of rotatable bonds is 6. The van der Waals surface area contributed by atoms with Gasteiger partial charge in [0.25, 0.3) is 0 Å². The predicted octanol–water partition coefficient (Wildman–Crippen LogP) is 15.9. The summed E-state index contributed by atoms with van der Waals surface area (Å²) in [6.07, 6.45) is 3.59. The molecule has 0 aliphatic rings. The molecule has 62 heavy (non-hydrogen) atoms. The van der Waals surface area contributed by atoms with Gasteiger partial charge < -0.3 is 13.8 Å². The van der Waals surface area contributed by atoms with E-state index in [0.29, 0.717) is 17.8 Å². The van der Waals surface area contributed by atoms with E-state index in [4.69, 9.17) is 8.83 Å². The van der Waals surface area contributed by atoms with E-state index in [-0.39, 0.29) is 30.9 Å². The zero-order valence-corrected chi connectivity index (χ0v) is 40.5. The number of nitrogens with zero attached hydrogens (tertiary/aromatic N) is 3. The molecule has 0 aliphatic heterocycles. The zero-order chi connectivity index (χ0) is 43.4. The van der Waals surface area contributed by atoms with Gasteiger partial charge in [0.1, 0.15) is 11.9 Å². The topological polar surface area (TPSA) is 65.0 Å². The number of aromatic nitrogens is 3. The second-order valence-corrected chi connectivity index (χ2v) is 19.3. The van der Waals surface area contributed by atoms with Crippen molar-refractivity contribution >= 4 is 43.9 Å². The first kappa shape index (κ1) is 44.6. The van der Waals surface area contributed by atoms with Gasteiger partial charge in [-0.2, -0.15) is 0 Å². The second-order valence-electron chi connectivity index (χ2n) is 19.3. The van der Waals surface area contributed by atoms with Gasteiger partial charge in [0.05, 0.1) is 5.58 Å². The number of fused-ring (bicyclic) bond motifs is 7. The van der Waals surface area contributed by atoms with E-state index < -0.39 is 0 Å². The molecule has 0 bridgehead atoms. The van der Waals surface area contributed by atoms with Crippen molar-refractivity contribution in [2.45, 2.75) is 112 Å². The summed E-state index contributed by atoms with van der Waals surface area (Å²) in [5.41, 5.74) is 15.7. The maximum Gasteiger partial charge on any atom is 0.177 e. The van der Waals surface area contributed by atoms with E-state index >= 15 is 0 Å². The van der Waals surface area contributed by atoms with E-state index in [0.717, 1.165) is 77.6 Å². The smallest absolute Gasteiger partial charge is 0.177 e. The third-order valence-electron chi connectivity index (χ3n) is 11.8. The molecule has 0 saturated heterocycles. The van der Waals surface area contributed by atoms with Gasteiger partial charge in [-0.3, -0.25) is 4.98 Å². The van der Waals surface area contributed by atoms with Crippen molar-refractivity contribution in [1.29, 1.82) is 0 Å². The van der Waals surface area contributed by atoms with Crippen LogP contribution in [0.15, 0.2) is 118 Å². The van der Waals surface area contributed by atoms with Crippen LogP contribution in [0.1, 0.15) is 129 Å². The minimum atomic E-state index is -0.0996. The fourth-order valence-corrected chi connectivity index (χ4v) is 8.16. The molecule has 0 saturated carbocycles. The van der Waals surface area contributed by atoms with Gasteiger partial charge >= 0.3 is 0 Å². The third-order valence-corrected chi connectivity index (χ3v) is 11.8. The first-order valence-corrected chi connectivity index (χ1v) is 21.7. The Morgan fingerprint density at radius 3 is 1.74 bits per heavy atom. The average molecular weight is 996 g/mol. The van der Waals surface area contributed by atoms with Crippen molar-refractivity contribution in [2.75, 3.05) is 0 Å². The van der Waals surface area contributed by atoms with E-state index in [2.05, 4.69) is 171 Å². The molecule has 0 N–H and O–H groups in total. The van der Waals surface area contributed by atoms with Gasteiger partial charge in [0.2, 0.25) is 0 Å². The molecular formula is C56H57IrN3O2-2. The van der Waals surface area contributed by atoms with E-state index in [9.17, 15) is 0 Å². The summed E-state index contributed by atoms with van der Waals surface area (Å²) in [7, 11) is 0. The molecule has 4 aromatic heterocycles. The van der Waals surface area contributed by atoms with Crippen LogP contribution in [0.5, 0.6) is 0 Å². The molecule has 0 fully saturated rings. The molecule has 319 valence electrons. The Balaban J connectivity index is 0.000000286. The summed E-state index contributed by atoms with van der Waals surface area (Å²) < 4.78 is 13.6. The van der Waals surface area contributed by atoms with E-state index in [1.165, 1.54) is 27.8 Å². The molecule has 9 aromatic rings. The molecule has 0 aliphatic carbocycles. The molecule has 5 aromatic carbocycles. The summed E-state index contributed by atoms with van der Waals surface area (Å²) in [6.45, 7) is 26.8. The standard InChI is InChI=1S/C41H41N2O2.C15H16N.Ir/c1-22(2)25-18-32(23(3)4)36(33(19-25)24(5)6)31-15-11-13-27-29-17-16-28-26-12-10-14-30(34-20-35(41(7,8)9)43-21-42-34)37(26)44-39(28)40(29)45-38(27)31;1-15(2,3)13-9-10-14(16-11-13)12-7-5-4-6-8-12;/h10-13,15-24H,1-9H3;4-7,9-11H,1-3H3;/q2*-1;. The maximum absolute atomic E-state index is 6.91. The Labute approximate surface area is 380 Å². The zero-order valence-electron chi connectivity index (χ0n) is 38.1. The maximum atomic E-state index is 6.91. The first-order chi connectivity index (χ1) is 29.0. The van der Waals surface area contributed by atoms with Crippen LogP contribution in [-0.2, 0) is 30.9 Å². The van der Waals surface area contributed by atoms with Gasteiger partial charge in [-0.1, -0.05) is 149 Å². The molecule has 1 radical (unpaired) electrons. The fraction of sp³-hybridized carbons (Fsp3) is 0.304. The van der Waals surface area contributed by atoms with Gasteiger partial charge in [0, 0.05) is 59.1 Å². The summed E-state index contributed by atoms with van der Waals surface area (Å²) >= 11 is 0. The Morgan fingerprint density at radius 1 is 0.532 bits per heavy atom. The van der Waals surface area contributed by atoms with E-state index in [1.54, 1.807) is 6.33 Å². The van der Waals surface area contributed by atoms with Gasteiger partial charge in [0.15, 0.2) is 11.2 Å². The van der Waals surface area contributed by atoms with Crippen molar-refractivity contribution in [3.63, 3.8) is 0 Å². The molecule has 0 amide bonds. The first-order valence-electron chi connectivity index (χ1n) is 21.7. The SMILES string of the molecule is CC(C)(C)c1ccc(-c2[c-]cccc2)nc1.CC(C)c1cc(C(C)C)c(-c2cccc3c2oc2c3ccc3c4cc[c-]c(-c5cc(C(C)(C)C)ncn5)c4oc32)c(C(C)C)c1.[Ir]. The van der Waals surface area contributed by atoms with Crippen molar-refractivity contribution in [1.82, 2.24) is 15.0 Å². The summed E-state index contributed by atoms with van der Waals surface area (Å²) in [4.78, 5) is 13.6. The number of hydrogen-bond donors (Lipinski definition) is 0. The van der Waals surface area contributed by atoms with Crippen LogP contribution in [0.4, 0.5) is 0 Å². The van der Waals surface area contributed by atoms with Gasteiger partial charge in [-0.05, 0) is 68.4 Å². The van der Waals surface area contributed by atoms with Crippen molar-refractivity contribution in [3.8, 4) is 33.6 Å². The molecule has 0 spiro atoms. The largest absolute Gasteiger partial charge is 0.497 e. The van der Waals surface area contributed by atoms with Crippen LogP contribution in [0.3, 0.4) is 0 Å². The Hall–Kier alpha value is -5.42. The van der Waals surface area contributed by atoms with Crippen LogP contribution < -0.4 is 0 Å². The summed E-state index contributed by atoms with van der Waals surface area (Å²) in [6, 6.07) is 40.5. The number of benzene rings is 5. The molecule has 0 atom stereocenters. The molecule has 6 heteroatoms. The van der Waals surface area contributed by atoms with Gasteiger partial charge in [-0.25, -0.2) is 4.98 Å². The van der Waals surface area contributed by atoms with Gasteiger partial charge in [-0.15, -0.1) is 54.1 Å². The van der Waals surface area contributed by atoms with Crippen molar-refractivity contribution < 1.29 is 28.9 Å². The molecule has 9 rings (SSSR count). The Kier molecular flexibility index (Phi) is 12.5. The molecular weight excluding hydrogens is 939 g/mol. The number of pyridine rings is 1. The Morgan fingerprint density at radius 2 is 1.18 bits per heavy atom. The van der Waals surface area contributed by atoms with Crippen molar-refractivity contribution in [2.24, 2.45) is 0 Å². The molecule has 0 unspecified atom stereocenters. The minimum Gasteiger partial charge on any atom is -0.497 e. The molecule has 5 nitrogen and oxygen atoms in total. The number of hydrogen-bond acceptors (Lipinski definition) is 5. The van der Waals surface area contributed by atoms with Crippen LogP contribution in [0, 0.1) is 12.1 Å². The minimum absolute atomic E-state index is 0. The van der Waals surface area contributed by atoms with E-state index in [1.807, 2.05) is 42.6 Å². The van der Waals surface area contributed by atoms with Crippen LogP contribution >= 0.6 is 0 Å². The summed E-state index contributed by atoms with van der Waals surface area (Å²) in [5.74, 6) is 1.20. The normalized spacial score (nSPS) is 12.2.